The maximum absolute atomic E-state index is 10.8. The van der Waals surface area contributed by atoms with Gasteiger partial charge in [0.1, 0.15) is 10.8 Å². The summed E-state index contributed by atoms with van der Waals surface area (Å²) in [6.07, 6.45) is 0. The van der Waals surface area contributed by atoms with Crippen molar-refractivity contribution >= 4 is 23.3 Å². The number of ether oxygens (including phenoxy) is 1. The fourth-order valence-electron chi connectivity index (χ4n) is 1.06. The second-order valence-corrected chi connectivity index (χ2v) is 2.92. The first-order valence-corrected chi connectivity index (χ1v) is 4.11. The van der Waals surface area contributed by atoms with E-state index in [2.05, 4.69) is 0 Å². The van der Waals surface area contributed by atoms with Crippen LogP contribution in [0.3, 0.4) is 0 Å². The summed E-state index contributed by atoms with van der Waals surface area (Å²) in [4.78, 5) is 20.5. The van der Waals surface area contributed by atoms with E-state index in [1.165, 1.54) is 13.2 Å². The molecule has 80 valence electrons. The van der Waals surface area contributed by atoms with Gasteiger partial charge in [0, 0.05) is 6.07 Å². The van der Waals surface area contributed by atoms with E-state index in [0.29, 0.717) is 0 Å². The molecule has 0 aliphatic rings. The standard InChI is InChI=1S/C8H6ClNO5/c1-15-5-3-2-4(10(13)14)6(7(5)9)8(11)12/h2-3H,1H3,(H,11,12). The minimum Gasteiger partial charge on any atom is -0.495 e. The number of rotatable bonds is 3. The van der Waals surface area contributed by atoms with E-state index in [4.69, 9.17) is 21.4 Å². The lowest BCUT2D eigenvalue weighted by Crippen LogP contribution is -2.04. The zero-order valence-corrected chi connectivity index (χ0v) is 8.32. The maximum atomic E-state index is 10.8. The van der Waals surface area contributed by atoms with Crippen LogP contribution in [0.4, 0.5) is 5.69 Å². The lowest BCUT2D eigenvalue weighted by atomic mass is 10.1. The first-order chi connectivity index (χ1) is 6.99. The molecule has 0 radical (unpaired) electrons. The number of benzene rings is 1. The topological polar surface area (TPSA) is 89.7 Å². The average molecular weight is 232 g/mol. The number of methoxy groups -OCH3 is 1. The number of carboxylic acids is 1. The van der Waals surface area contributed by atoms with Crippen molar-refractivity contribution in [3.63, 3.8) is 0 Å². The molecule has 0 spiro atoms. The molecule has 0 bridgehead atoms. The van der Waals surface area contributed by atoms with Crippen LogP contribution in [-0.2, 0) is 0 Å². The van der Waals surface area contributed by atoms with Gasteiger partial charge in [0.25, 0.3) is 5.69 Å². The molecule has 0 aromatic heterocycles. The summed E-state index contributed by atoms with van der Waals surface area (Å²) in [6, 6.07) is 2.28. The third kappa shape index (κ3) is 1.99. The van der Waals surface area contributed by atoms with Crippen molar-refractivity contribution < 1.29 is 19.6 Å². The zero-order chi connectivity index (χ0) is 11.6. The summed E-state index contributed by atoms with van der Waals surface area (Å²) in [6.45, 7) is 0. The molecule has 0 saturated heterocycles. The van der Waals surface area contributed by atoms with Gasteiger partial charge in [-0.1, -0.05) is 11.6 Å². The summed E-state index contributed by atoms with van der Waals surface area (Å²) in [5.74, 6) is -1.38. The van der Waals surface area contributed by atoms with Crippen LogP contribution >= 0.6 is 11.6 Å². The van der Waals surface area contributed by atoms with E-state index in [0.717, 1.165) is 6.07 Å². The number of hydrogen-bond donors (Lipinski definition) is 1. The van der Waals surface area contributed by atoms with E-state index in [1.54, 1.807) is 0 Å². The van der Waals surface area contributed by atoms with Gasteiger partial charge in [-0.15, -0.1) is 0 Å². The largest absolute Gasteiger partial charge is 0.495 e. The van der Waals surface area contributed by atoms with Crippen LogP contribution in [0, 0.1) is 10.1 Å². The minimum absolute atomic E-state index is 0.0830. The van der Waals surface area contributed by atoms with Crippen LogP contribution in [0.25, 0.3) is 0 Å². The Morgan fingerprint density at radius 1 is 1.60 bits per heavy atom. The minimum atomic E-state index is -1.47. The Bertz CT molecular complexity index is 431. The van der Waals surface area contributed by atoms with Crippen LogP contribution in [0.2, 0.25) is 5.02 Å². The molecule has 0 aliphatic carbocycles. The monoisotopic (exact) mass is 231 g/mol. The molecule has 0 aliphatic heterocycles. The number of nitrogens with zero attached hydrogens (tertiary/aromatic N) is 1. The van der Waals surface area contributed by atoms with E-state index in [-0.39, 0.29) is 10.8 Å². The predicted octanol–water partition coefficient (Wildman–Crippen LogP) is 1.95. The Balaban J connectivity index is 3.51. The van der Waals surface area contributed by atoms with E-state index < -0.39 is 22.1 Å². The lowest BCUT2D eigenvalue weighted by molar-refractivity contribution is -0.385. The zero-order valence-electron chi connectivity index (χ0n) is 7.56. The highest BCUT2D eigenvalue weighted by molar-refractivity contribution is 6.35. The van der Waals surface area contributed by atoms with E-state index in [1.807, 2.05) is 0 Å². The van der Waals surface area contributed by atoms with E-state index in [9.17, 15) is 14.9 Å². The summed E-state index contributed by atoms with van der Waals surface area (Å²) in [5, 5.41) is 19.0. The van der Waals surface area contributed by atoms with Crippen LogP contribution in [0.15, 0.2) is 12.1 Å². The highest BCUT2D eigenvalue weighted by atomic mass is 35.5. The second-order valence-electron chi connectivity index (χ2n) is 2.54. The van der Waals surface area contributed by atoms with Crippen molar-refractivity contribution in [1.29, 1.82) is 0 Å². The van der Waals surface area contributed by atoms with Crippen molar-refractivity contribution in [2.75, 3.05) is 7.11 Å². The predicted molar refractivity (Wildman–Crippen MR) is 51.6 cm³/mol. The number of nitro benzene ring substituents is 1. The molecule has 0 unspecified atom stereocenters. The second kappa shape index (κ2) is 4.14. The molecule has 1 N–H and O–H groups in total. The molecule has 0 heterocycles. The van der Waals surface area contributed by atoms with Gasteiger partial charge in [-0.05, 0) is 6.07 Å². The smallest absolute Gasteiger partial charge is 0.344 e. The fraction of sp³-hybridized carbons (Fsp3) is 0.125. The lowest BCUT2D eigenvalue weighted by Gasteiger charge is -2.05. The number of aromatic carboxylic acids is 1. The number of carboxylic acid groups (broad SMARTS) is 1. The Labute approximate surface area is 89.2 Å². The molecular weight excluding hydrogens is 226 g/mol. The van der Waals surface area contributed by atoms with Gasteiger partial charge in [0.05, 0.1) is 12.0 Å². The molecule has 0 fully saturated rings. The van der Waals surface area contributed by atoms with Gasteiger partial charge in [0.15, 0.2) is 5.56 Å². The Kier molecular flexibility index (Phi) is 3.11. The van der Waals surface area contributed by atoms with Crippen molar-refractivity contribution in [2.45, 2.75) is 0 Å². The van der Waals surface area contributed by atoms with Crippen LogP contribution in [0.5, 0.6) is 5.75 Å². The first-order valence-electron chi connectivity index (χ1n) is 3.73. The molecule has 1 aromatic carbocycles. The number of hydrogen-bond acceptors (Lipinski definition) is 4. The van der Waals surface area contributed by atoms with Crippen molar-refractivity contribution in [2.24, 2.45) is 0 Å². The number of nitro groups is 1. The third-order valence-electron chi connectivity index (χ3n) is 1.72. The van der Waals surface area contributed by atoms with Crippen molar-refractivity contribution in [3.8, 4) is 5.75 Å². The highest BCUT2D eigenvalue weighted by Gasteiger charge is 2.25. The van der Waals surface area contributed by atoms with Gasteiger partial charge >= 0.3 is 5.97 Å². The van der Waals surface area contributed by atoms with Gasteiger partial charge in [-0.25, -0.2) is 4.79 Å². The Hall–Kier alpha value is -1.82. The SMILES string of the molecule is COc1ccc([N+](=O)[O-])c(C(=O)O)c1Cl. The summed E-state index contributed by atoms with van der Waals surface area (Å²) in [7, 11) is 1.29. The number of carbonyl (C=O) groups is 1. The van der Waals surface area contributed by atoms with Gasteiger partial charge < -0.3 is 9.84 Å². The molecule has 1 aromatic rings. The van der Waals surface area contributed by atoms with Crippen molar-refractivity contribution in [1.82, 2.24) is 0 Å². The quantitative estimate of drug-likeness (QED) is 0.634. The Morgan fingerprint density at radius 2 is 2.20 bits per heavy atom. The molecule has 1 rings (SSSR count). The van der Waals surface area contributed by atoms with E-state index >= 15 is 0 Å². The van der Waals surface area contributed by atoms with Crippen LogP contribution < -0.4 is 4.74 Å². The summed E-state index contributed by atoms with van der Waals surface area (Å²) in [5.41, 5.74) is -1.13. The van der Waals surface area contributed by atoms with Gasteiger partial charge in [-0.2, -0.15) is 0 Å². The first kappa shape index (κ1) is 11.3. The maximum Gasteiger partial charge on any atom is 0.344 e. The van der Waals surface area contributed by atoms with Crippen LogP contribution in [-0.4, -0.2) is 23.1 Å². The number of halogens is 1. The molecule has 0 atom stereocenters. The molecule has 0 amide bonds. The molecule has 15 heavy (non-hydrogen) atoms. The van der Waals surface area contributed by atoms with Gasteiger partial charge in [-0.3, -0.25) is 10.1 Å². The van der Waals surface area contributed by atoms with Crippen molar-refractivity contribution in [3.05, 3.63) is 32.8 Å². The molecule has 0 saturated carbocycles. The Morgan fingerprint density at radius 3 is 2.60 bits per heavy atom. The molecular formula is C8H6ClNO5. The summed E-state index contributed by atoms with van der Waals surface area (Å²) >= 11 is 5.64. The third-order valence-corrected chi connectivity index (χ3v) is 2.09. The van der Waals surface area contributed by atoms with Gasteiger partial charge in [0.2, 0.25) is 0 Å². The highest BCUT2D eigenvalue weighted by Crippen LogP contribution is 2.34. The normalized spacial score (nSPS) is 9.73. The van der Waals surface area contributed by atoms with Crippen LogP contribution in [0.1, 0.15) is 10.4 Å². The average Bonchev–Trinajstić information content (AvgIpc) is 2.16. The molecule has 7 heteroatoms. The molecule has 6 nitrogen and oxygen atoms in total. The summed E-state index contributed by atoms with van der Waals surface area (Å²) < 4.78 is 4.75. The fourth-order valence-corrected chi connectivity index (χ4v) is 1.38.